The standard InChI is InChI=1S/C10H15BrN2O/c1-7-4-8(11)2-3-10(7)13-5-9(12)6-14/h2-4,9,13-14H,5-6,12H2,1H3. The molecule has 0 aliphatic carbocycles. The monoisotopic (exact) mass is 258 g/mol. The SMILES string of the molecule is Cc1cc(Br)ccc1NCC(N)CO. The molecule has 0 radical (unpaired) electrons. The number of anilines is 1. The van der Waals surface area contributed by atoms with Gasteiger partial charge in [-0.3, -0.25) is 0 Å². The van der Waals surface area contributed by atoms with Crippen molar-refractivity contribution in [1.29, 1.82) is 0 Å². The molecule has 0 aliphatic rings. The van der Waals surface area contributed by atoms with Crippen LogP contribution in [0.1, 0.15) is 5.56 Å². The molecule has 0 fully saturated rings. The number of aliphatic hydroxyl groups is 1. The van der Waals surface area contributed by atoms with Crippen LogP contribution in [0.4, 0.5) is 5.69 Å². The quantitative estimate of drug-likeness (QED) is 0.767. The van der Waals surface area contributed by atoms with E-state index in [0.717, 1.165) is 15.7 Å². The largest absolute Gasteiger partial charge is 0.395 e. The Bertz CT molecular complexity index is 304. The molecular formula is C10H15BrN2O. The molecule has 0 spiro atoms. The third-order valence-electron chi connectivity index (χ3n) is 1.98. The first-order valence-electron chi connectivity index (χ1n) is 4.50. The lowest BCUT2D eigenvalue weighted by molar-refractivity contribution is 0.270. The number of halogens is 1. The van der Waals surface area contributed by atoms with E-state index in [2.05, 4.69) is 21.2 Å². The second-order valence-corrected chi connectivity index (χ2v) is 4.20. The van der Waals surface area contributed by atoms with E-state index in [9.17, 15) is 0 Å². The van der Waals surface area contributed by atoms with Crippen molar-refractivity contribution in [2.45, 2.75) is 13.0 Å². The summed E-state index contributed by atoms with van der Waals surface area (Å²) in [4.78, 5) is 0. The first kappa shape index (κ1) is 11.5. The van der Waals surface area contributed by atoms with Crippen LogP contribution in [0.15, 0.2) is 22.7 Å². The number of rotatable bonds is 4. The minimum atomic E-state index is -0.210. The third kappa shape index (κ3) is 3.29. The van der Waals surface area contributed by atoms with E-state index in [1.54, 1.807) is 0 Å². The van der Waals surface area contributed by atoms with Crippen molar-refractivity contribution in [3.05, 3.63) is 28.2 Å². The summed E-state index contributed by atoms with van der Waals surface area (Å²) >= 11 is 3.40. The highest BCUT2D eigenvalue weighted by Gasteiger charge is 2.02. The topological polar surface area (TPSA) is 58.3 Å². The van der Waals surface area contributed by atoms with Crippen molar-refractivity contribution in [3.63, 3.8) is 0 Å². The molecule has 0 saturated carbocycles. The van der Waals surface area contributed by atoms with Gasteiger partial charge < -0.3 is 16.2 Å². The molecule has 78 valence electrons. The number of aryl methyl sites for hydroxylation is 1. The Balaban J connectivity index is 2.59. The Morgan fingerprint density at radius 3 is 2.86 bits per heavy atom. The molecule has 4 N–H and O–H groups in total. The Kier molecular flexibility index (Phi) is 4.38. The summed E-state index contributed by atoms with van der Waals surface area (Å²) in [7, 11) is 0. The zero-order valence-electron chi connectivity index (χ0n) is 8.13. The molecule has 0 amide bonds. The fourth-order valence-electron chi connectivity index (χ4n) is 1.13. The molecular weight excluding hydrogens is 244 g/mol. The highest BCUT2D eigenvalue weighted by Crippen LogP contribution is 2.19. The molecule has 3 nitrogen and oxygen atoms in total. The van der Waals surface area contributed by atoms with Crippen LogP contribution >= 0.6 is 15.9 Å². The summed E-state index contributed by atoms with van der Waals surface area (Å²) in [6.45, 7) is 2.61. The smallest absolute Gasteiger partial charge is 0.0599 e. The van der Waals surface area contributed by atoms with Gasteiger partial charge in [-0.05, 0) is 30.7 Å². The van der Waals surface area contributed by atoms with E-state index in [1.165, 1.54) is 0 Å². The van der Waals surface area contributed by atoms with Crippen LogP contribution in [0.5, 0.6) is 0 Å². The highest BCUT2D eigenvalue weighted by molar-refractivity contribution is 9.10. The van der Waals surface area contributed by atoms with Crippen LogP contribution in [0, 0.1) is 6.92 Å². The Morgan fingerprint density at radius 2 is 2.29 bits per heavy atom. The molecule has 0 heterocycles. The van der Waals surface area contributed by atoms with Gasteiger partial charge in [-0.25, -0.2) is 0 Å². The maximum absolute atomic E-state index is 8.75. The Hall–Kier alpha value is -0.580. The summed E-state index contributed by atoms with van der Waals surface area (Å²) in [6, 6.07) is 5.79. The number of nitrogens with one attached hydrogen (secondary N) is 1. The number of hydrogen-bond donors (Lipinski definition) is 3. The lowest BCUT2D eigenvalue weighted by Crippen LogP contribution is -2.32. The zero-order valence-corrected chi connectivity index (χ0v) is 9.71. The van der Waals surface area contributed by atoms with Gasteiger partial charge in [-0.15, -0.1) is 0 Å². The van der Waals surface area contributed by atoms with Crippen LogP contribution in [0.25, 0.3) is 0 Å². The summed E-state index contributed by atoms with van der Waals surface area (Å²) < 4.78 is 1.06. The van der Waals surface area contributed by atoms with Gasteiger partial charge in [0.1, 0.15) is 0 Å². The maximum atomic E-state index is 8.75. The average molecular weight is 259 g/mol. The minimum Gasteiger partial charge on any atom is -0.395 e. The average Bonchev–Trinajstić information content (AvgIpc) is 2.16. The number of nitrogens with two attached hydrogens (primary N) is 1. The van der Waals surface area contributed by atoms with Crippen molar-refractivity contribution < 1.29 is 5.11 Å². The first-order chi connectivity index (χ1) is 6.63. The lowest BCUT2D eigenvalue weighted by Gasteiger charge is -2.13. The van der Waals surface area contributed by atoms with E-state index >= 15 is 0 Å². The molecule has 0 aliphatic heterocycles. The molecule has 1 rings (SSSR count). The van der Waals surface area contributed by atoms with Crippen molar-refractivity contribution in [3.8, 4) is 0 Å². The van der Waals surface area contributed by atoms with Gasteiger partial charge >= 0.3 is 0 Å². The van der Waals surface area contributed by atoms with Gasteiger partial charge in [0.15, 0.2) is 0 Å². The molecule has 0 saturated heterocycles. The molecule has 1 aromatic rings. The van der Waals surface area contributed by atoms with Crippen molar-refractivity contribution in [2.75, 3.05) is 18.5 Å². The van der Waals surface area contributed by atoms with Gasteiger partial charge in [0.05, 0.1) is 6.61 Å². The lowest BCUT2D eigenvalue weighted by atomic mass is 10.2. The Labute approximate surface area is 92.4 Å². The highest BCUT2D eigenvalue weighted by atomic mass is 79.9. The third-order valence-corrected chi connectivity index (χ3v) is 2.47. The summed E-state index contributed by atoms with van der Waals surface area (Å²) in [5.41, 5.74) is 7.79. The van der Waals surface area contributed by atoms with Crippen LogP contribution in [-0.2, 0) is 0 Å². The molecule has 14 heavy (non-hydrogen) atoms. The number of aliphatic hydroxyl groups excluding tert-OH is 1. The van der Waals surface area contributed by atoms with Crippen molar-refractivity contribution in [2.24, 2.45) is 5.73 Å². The van der Waals surface area contributed by atoms with Crippen molar-refractivity contribution in [1.82, 2.24) is 0 Å². The minimum absolute atomic E-state index is 0.00256. The number of benzene rings is 1. The van der Waals surface area contributed by atoms with Gasteiger partial charge in [-0.2, -0.15) is 0 Å². The summed E-state index contributed by atoms with van der Waals surface area (Å²) in [5.74, 6) is 0. The molecule has 0 aromatic heterocycles. The molecule has 1 atom stereocenters. The predicted octanol–water partition coefficient (Wildman–Crippen LogP) is 1.49. The van der Waals surface area contributed by atoms with Gasteiger partial charge in [0, 0.05) is 22.7 Å². The van der Waals surface area contributed by atoms with E-state index in [-0.39, 0.29) is 12.6 Å². The molecule has 0 bridgehead atoms. The molecule has 1 aromatic carbocycles. The van der Waals surface area contributed by atoms with Gasteiger partial charge in [-0.1, -0.05) is 15.9 Å². The first-order valence-corrected chi connectivity index (χ1v) is 5.29. The summed E-state index contributed by atoms with van der Waals surface area (Å²) in [5, 5.41) is 11.9. The van der Waals surface area contributed by atoms with Crippen LogP contribution in [0.2, 0.25) is 0 Å². The van der Waals surface area contributed by atoms with Crippen LogP contribution in [0.3, 0.4) is 0 Å². The molecule has 1 unspecified atom stereocenters. The van der Waals surface area contributed by atoms with E-state index in [1.807, 2.05) is 25.1 Å². The second-order valence-electron chi connectivity index (χ2n) is 3.28. The Morgan fingerprint density at radius 1 is 1.57 bits per heavy atom. The van der Waals surface area contributed by atoms with Crippen molar-refractivity contribution >= 4 is 21.6 Å². The predicted molar refractivity (Wildman–Crippen MR) is 62.4 cm³/mol. The van der Waals surface area contributed by atoms with Crippen LogP contribution < -0.4 is 11.1 Å². The van der Waals surface area contributed by atoms with E-state index in [0.29, 0.717) is 6.54 Å². The van der Waals surface area contributed by atoms with Gasteiger partial charge in [0.2, 0.25) is 0 Å². The van der Waals surface area contributed by atoms with Gasteiger partial charge in [0.25, 0.3) is 0 Å². The molecule has 4 heteroatoms. The second kappa shape index (κ2) is 5.34. The number of hydrogen-bond acceptors (Lipinski definition) is 3. The maximum Gasteiger partial charge on any atom is 0.0599 e. The zero-order chi connectivity index (χ0) is 10.6. The van der Waals surface area contributed by atoms with Crippen LogP contribution in [-0.4, -0.2) is 24.3 Å². The fourth-order valence-corrected chi connectivity index (χ4v) is 1.61. The summed E-state index contributed by atoms with van der Waals surface area (Å²) in [6.07, 6.45) is 0. The van der Waals surface area contributed by atoms with E-state index < -0.39 is 0 Å². The normalized spacial score (nSPS) is 12.6. The fraction of sp³-hybridized carbons (Fsp3) is 0.400. The van der Waals surface area contributed by atoms with E-state index in [4.69, 9.17) is 10.8 Å².